The summed E-state index contributed by atoms with van der Waals surface area (Å²) in [7, 11) is 0. The van der Waals surface area contributed by atoms with Crippen molar-refractivity contribution in [3.63, 3.8) is 0 Å². The summed E-state index contributed by atoms with van der Waals surface area (Å²) in [5.74, 6) is 2.64. The molecule has 0 aliphatic rings. The van der Waals surface area contributed by atoms with Gasteiger partial charge in [0, 0.05) is 53.3 Å². The van der Waals surface area contributed by atoms with Crippen LogP contribution < -0.4 is 0 Å². The van der Waals surface area contributed by atoms with Crippen molar-refractivity contribution in [2.75, 3.05) is 0 Å². The first-order chi connectivity index (χ1) is 29.2. The molecule has 0 aliphatic carbocycles. The van der Waals surface area contributed by atoms with Crippen molar-refractivity contribution >= 4 is 64.5 Å². The van der Waals surface area contributed by atoms with Crippen LogP contribution in [0.5, 0.6) is 0 Å². The summed E-state index contributed by atoms with van der Waals surface area (Å²) < 4.78 is 11.0. The fourth-order valence-electron chi connectivity index (χ4n) is 8.34. The zero-order valence-corrected chi connectivity index (χ0v) is 32.3. The number of aromatic nitrogens is 5. The molecule has 0 bridgehead atoms. The third kappa shape index (κ3) is 5.47. The number of fused-ring (bicyclic) bond motifs is 7. The third-order valence-electron chi connectivity index (χ3n) is 11.1. The Morgan fingerprint density at radius 3 is 1.83 bits per heavy atom. The Bertz CT molecular complexity index is 3550. The van der Waals surface area contributed by atoms with E-state index in [1.54, 1.807) is 11.3 Å². The Balaban J connectivity index is 1.14. The predicted octanol–water partition coefficient (Wildman–Crippen LogP) is 13.8. The summed E-state index contributed by atoms with van der Waals surface area (Å²) >= 11 is 1.76. The maximum absolute atomic E-state index is 6.50. The summed E-state index contributed by atoms with van der Waals surface area (Å²) in [5.41, 5.74) is 10.6. The molecule has 0 N–H and O–H groups in total. The van der Waals surface area contributed by atoms with Crippen molar-refractivity contribution in [1.82, 2.24) is 24.5 Å². The molecule has 0 saturated heterocycles. The minimum Gasteiger partial charge on any atom is -0.455 e. The third-order valence-corrected chi connectivity index (χ3v) is 12.4. The number of hydrogen-bond acceptors (Lipinski definition) is 6. The Kier molecular flexibility index (Phi) is 7.61. The van der Waals surface area contributed by atoms with Gasteiger partial charge in [0.1, 0.15) is 17.0 Å². The second-order valence-electron chi connectivity index (χ2n) is 14.6. The Labute approximate surface area is 342 Å². The van der Waals surface area contributed by atoms with Crippen LogP contribution in [0.15, 0.2) is 192 Å². The fourth-order valence-corrected chi connectivity index (χ4v) is 9.64. The van der Waals surface area contributed by atoms with Gasteiger partial charge in [-0.3, -0.25) is 4.57 Å². The molecule has 12 aromatic rings. The molecule has 7 heteroatoms. The van der Waals surface area contributed by atoms with Gasteiger partial charge in [-0.2, -0.15) is 0 Å². The van der Waals surface area contributed by atoms with Gasteiger partial charge in [-0.1, -0.05) is 133 Å². The molecule has 4 heterocycles. The van der Waals surface area contributed by atoms with Crippen LogP contribution in [0.1, 0.15) is 0 Å². The number of para-hydroxylation sites is 5. The average Bonchev–Trinajstić information content (AvgIpc) is 4.01. The molecule has 0 fully saturated rings. The molecule has 0 saturated carbocycles. The summed E-state index contributed by atoms with van der Waals surface area (Å²) in [6.07, 6.45) is 0. The van der Waals surface area contributed by atoms with Crippen LogP contribution in [-0.4, -0.2) is 24.5 Å². The van der Waals surface area contributed by atoms with Crippen molar-refractivity contribution < 1.29 is 4.42 Å². The van der Waals surface area contributed by atoms with Crippen molar-refractivity contribution in [2.24, 2.45) is 0 Å². The van der Waals surface area contributed by atoms with E-state index in [0.717, 1.165) is 98.0 Å². The zero-order valence-electron chi connectivity index (χ0n) is 31.5. The van der Waals surface area contributed by atoms with E-state index >= 15 is 0 Å². The van der Waals surface area contributed by atoms with E-state index in [0.29, 0.717) is 17.5 Å². The lowest BCUT2D eigenvalue weighted by atomic mass is 9.98. The molecule has 0 spiro atoms. The number of nitrogens with zero attached hydrogens (tertiary/aromatic N) is 5. The van der Waals surface area contributed by atoms with Crippen LogP contribution in [0.2, 0.25) is 0 Å². The largest absolute Gasteiger partial charge is 0.455 e. The fraction of sp³-hybridized carbons (Fsp3) is 0. The van der Waals surface area contributed by atoms with Crippen molar-refractivity contribution in [3.8, 4) is 62.4 Å². The van der Waals surface area contributed by atoms with E-state index in [9.17, 15) is 0 Å². The number of hydrogen-bond donors (Lipinski definition) is 0. The maximum Gasteiger partial charge on any atom is 0.167 e. The predicted molar refractivity (Wildman–Crippen MR) is 242 cm³/mol. The van der Waals surface area contributed by atoms with Crippen molar-refractivity contribution in [1.29, 1.82) is 0 Å². The van der Waals surface area contributed by atoms with Crippen LogP contribution in [0.4, 0.5) is 0 Å². The van der Waals surface area contributed by atoms with Crippen LogP contribution in [0.3, 0.4) is 0 Å². The van der Waals surface area contributed by atoms with Crippen LogP contribution >= 0.6 is 11.3 Å². The highest BCUT2D eigenvalue weighted by molar-refractivity contribution is 7.26. The molecule has 59 heavy (non-hydrogen) atoms. The minimum absolute atomic E-state index is 0.556. The topological polar surface area (TPSA) is 69.6 Å². The molecule has 0 radical (unpaired) electrons. The SMILES string of the molecule is c1ccc(-c2cc(-c3nc4ccccc4n3-c3ccccc3)c3sc4c(-c5nc(-c6ccccc6)nc(-c6cccc7c6oc6ccccc67)n5)cccc4c3c2)cc1. The van der Waals surface area contributed by atoms with Crippen molar-refractivity contribution in [2.45, 2.75) is 0 Å². The smallest absolute Gasteiger partial charge is 0.167 e. The number of furan rings is 1. The molecule has 276 valence electrons. The molecule has 4 aromatic heterocycles. The zero-order chi connectivity index (χ0) is 38.9. The Hall–Kier alpha value is -7.74. The molecular formula is C52H31N5OS. The Morgan fingerprint density at radius 1 is 0.407 bits per heavy atom. The molecule has 6 nitrogen and oxygen atoms in total. The van der Waals surface area contributed by atoms with E-state index in [-0.39, 0.29) is 0 Å². The van der Waals surface area contributed by atoms with Crippen LogP contribution in [0, 0.1) is 0 Å². The normalized spacial score (nSPS) is 11.7. The van der Waals surface area contributed by atoms with Gasteiger partial charge in [-0.15, -0.1) is 11.3 Å². The van der Waals surface area contributed by atoms with Gasteiger partial charge in [0.15, 0.2) is 17.5 Å². The lowest BCUT2D eigenvalue weighted by Crippen LogP contribution is -2.00. The summed E-state index contributed by atoms with van der Waals surface area (Å²) in [6, 6.07) is 65.0. The van der Waals surface area contributed by atoms with Gasteiger partial charge in [0.05, 0.1) is 16.6 Å². The monoisotopic (exact) mass is 773 g/mol. The van der Waals surface area contributed by atoms with E-state index in [2.05, 4.69) is 132 Å². The molecule has 0 atom stereocenters. The minimum atomic E-state index is 0.556. The highest BCUT2D eigenvalue weighted by Crippen LogP contribution is 2.46. The number of thiophene rings is 1. The number of benzene rings is 8. The van der Waals surface area contributed by atoms with Crippen LogP contribution in [-0.2, 0) is 0 Å². The molecular weight excluding hydrogens is 743 g/mol. The van der Waals surface area contributed by atoms with Gasteiger partial charge in [-0.05, 0) is 65.7 Å². The highest BCUT2D eigenvalue weighted by atomic mass is 32.1. The van der Waals surface area contributed by atoms with E-state index in [4.69, 9.17) is 24.4 Å². The average molecular weight is 774 g/mol. The highest BCUT2D eigenvalue weighted by Gasteiger charge is 2.23. The van der Waals surface area contributed by atoms with Gasteiger partial charge in [0.25, 0.3) is 0 Å². The van der Waals surface area contributed by atoms with Gasteiger partial charge >= 0.3 is 0 Å². The molecule has 8 aromatic carbocycles. The summed E-state index contributed by atoms with van der Waals surface area (Å²) in [5, 5.41) is 4.37. The quantitative estimate of drug-likeness (QED) is 0.168. The first kappa shape index (κ1) is 33.4. The number of imidazole rings is 1. The van der Waals surface area contributed by atoms with E-state index in [1.165, 1.54) is 0 Å². The van der Waals surface area contributed by atoms with Gasteiger partial charge in [0.2, 0.25) is 0 Å². The first-order valence-corrected chi connectivity index (χ1v) is 20.4. The van der Waals surface area contributed by atoms with Crippen LogP contribution in [0.25, 0.3) is 116 Å². The first-order valence-electron chi connectivity index (χ1n) is 19.6. The van der Waals surface area contributed by atoms with E-state index < -0.39 is 0 Å². The lowest BCUT2D eigenvalue weighted by Gasteiger charge is -2.12. The second-order valence-corrected chi connectivity index (χ2v) is 15.6. The van der Waals surface area contributed by atoms with Gasteiger partial charge in [-0.25, -0.2) is 19.9 Å². The van der Waals surface area contributed by atoms with Crippen molar-refractivity contribution in [3.05, 3.63) is 188 Å². The summed E-state index contributed by atoms with van der Waals surface area (Å²) in [4.78, 5) is 20.9. The molecule has 0 aliphatic heterocycles. The molecule has 0 amide bonds. The summed E-state index contributed by atoms with van der Waals surface area (Å²) in [6.45, 7) is 0. The Morgan fingerprint density at radius 2 is 1.02 bits per heavy atom. The molecule has 12 rings (SSSR count). The maximum atomic E-state index is 6.50. The second kappa shape index (κ2) is 13.4. The number of rotatable bonds is 6. The lowest BCUT2D eigenvalue weighted by molar-refractivity contribution is 0.669. The van der Waals surface area contributed by atoms with Gasteiger partial charge < -0.3 is 4.42 Å². The standard InChI is InChI=1S/C52H31N5OS/c1-4-16-32(17-5-1)34-30-41-38-24-15-26-40(47(38)59-48(41)42(31-34)52-53-43-27-11-12-28-44(43)57(52)35-20-8-3-9-21-35)51-55-49(33-18-6-2-7-19-33)54-50(56-51)39-25-14-23-37-36-22-10-13-29-45(36)58-46(37)39/h1-31H. The van der Waals surface area contributed by atoms with E-state index in [1.807, 2.05) is 60.7 Å². The molecule has 0 unspecified atom stereocenters.